The third-order valence-electron chi connectivity index (χ3n) is 3.78. The van der Waals surface area contributed by atoms with Crippen LogP contribution < -0.4 is 15.4 Å². The van der Waals surface area contributed by atoms with Gasteiger partial charge in [0.05, 0.1) is 5.92 Å². The number of rotatable bonds is 6. The molecule has 0 spiro atoms. The van der Waals surface area contributed by atoms with E-state index in [4.69, 9.17) is 4.74 Å². The Morgan fingerprint density at radius 3 is 2.55 bits per heavy atom. The van der Waals surface area contributed by atoms with Crippen LogP contribution in [0.2, 0.25) is 0 Å². The summed E-state index contributed by atoms with van der Waals surface area (Å²) in [4.78, 5) is 14.2. The van der Waals surface area contributed by atoms with E-state index < -0.39 is 0 Å². The zero-order valence-electron chi connectivity index (χ0n) is 13.5. The van der Waals surface area contributed by atoms with Crippen LogP contribution in [0.15, 0.2) is 24.3 Å². The van der Waals surface area contributed by atoms with Gasteiger partial charge in [-0.2, -0.15) is 0 Å². The third kappa shape index (κ3) is 5.48. The van der Waals surface area contributed by atoms with Crippen molar-refractivity contribution in [3.63, 3.8) is 0 Å². The van der Waals surface area contributed by atoms with E-state index in [9.17, 15) is 4.79 Å². The van der Waals surface area contributed by atoms with Gasteiger partial charge >= 0.3 is 0 Å². The Balaban J connectivity index is 0.00000242. The summed E-state index contributed by atoms with van der Waals surface area (Å²) in [7, 11) is 4.03. The number of likely N-dealkylation sites (N-methyl/N-ethyl adjacent to an activating group) is 1. The maximum absolute atomic E-state index is 12.2. The zero-order chi connectivity index (χ0) is 15.2. The number of anilines is 1. The summed E-state index contributed by atoms with van der Waals surface area (Å²) in [6, 6.07) is 7.55. The van der Waals surface area contributed by atoms with Crippen LogP contribution in [0.4, 0.5) is 5.69 Å². The van der Waals surface area contributed by atoms with E-state index in [1.807, 2.05) is 38.4 Å². The molecule has 0 radical (unpaired) electrons. The molecule has 1 aromatic rings. The van der Waals surface area contributed by atoms with E-state index in [2.05, 4.69) is 22.5 Å². The lowest BCUT2D eigenvalue weighted by molar-refractivity contribution is -0.120. The first-order valence-electron chi connectivity index (χ1n) is 7.45. The van der Waals surface area contributed by atoms with Crippen molar-refractivity contribution in [2.75, 3.05) is 45.7 Å². The van der Waals surface area contributed by atoms with Crippen molar-refractivity contribution < 1.29 is 9.53 Å². The molecule has 5 nitrogen and oxygen atoms in total. The lowest BCUT2D eigenvalue weighted by Gasteiger charge is -2.15. The Morgan fingerprint density at radius 1 is 1.32 bits per heavy atom. The smallest absolute Gasteiger partial charge is 0.229 e. The van der Waals surface area contributed by atoms with Gasteiger partial charge in [-0.1, -0.05) is 6.92 Å². The highest BCUT2D eigenvalue weighted by Gasteiger charge is 2.29. The van der Waals surface area contributed by atoms with Gasteiger partial charge in [0.25, 0.3) is 0 Å². The first kappa shape index (κ1) is 18.7. The summed E-state index contributed by atoms with van der Waals surface area (Å²) < 4.78 is 5.63. The van der Waals surface area contributed by atoms with Crippen LogP contribution in [0.25, 0.3) is 0 Å². The fourth-order valence-corrected chi connectivity index (χ4v) is 2.38. The van der Waals surface area contributed by atoms with Crippen LogP contribution in [0.1, 0.15) is 6.92 Å². The molecule has 0 aliphatic carbocycles. The van der Waals surface area contributed by atoms with Crippen molar-refractivity contribution in [2.24, 2.45) is 11.8 Å². The van der Waals surface area contributed by atoms with E-state index in [1.54, 1.807) is 0 Å². The molecule has 0 unspecified atom stereocenters. The molecule has 2 rings (SSSR count). The lowest BCUT2D eigenvalue weighted by Crippen LogP contribution is -2.27. The van der Waals surface area contributed by atoms with E-state index in [0.29, 0.717) is 12.5 Å². The molecule has 22 heavy (non-hydrogen) atoms. The molecule has 6 heteroatoms. The summed E-state index contributed by atoms with van der Waals surface area (Å²) in [6.07, 6.45) is 0. The van der Waals surface area contributed by atoms with Crippen molar-refractivity contribution in [3.05, 3.63) is 24.3 Å². The molecule has 1 aliphatic rings. The Kier molecular flexibility index (Phi) is 7.65. The van der Waals surface area contributed by atoms with Crippen LogP contribution in [-0.4, -0.2) is 51.1 Å². The fourth-order valence-electron chi connectivity index (χ4n) is 2.38. The van der Waals surface area contributed by atoms with Crippen LogP contribution in [0.5, 0.6) is 5.75 Å². The number of carbonyl (C=O) groups excluding carboxylic acids is 1. The predicted octanol–water partition coefficient (Wildman–Crippen LogP) is 1.84. The van der Waals surface area contributed by atoms with Crippen LogP contribution in [0.3, 0.4) is 0 Å². The number of hydrogen-bond acceptors (Lipinski definition) is 4. The van der Waals surface area contributed by atoms with Crippen LogP contribution in [0, 0.1) is 11.8 Å². The molecular formula is C16H26ClN3O2. The molecule has 1 amide bonds. The summed E-state index contributed by atoms with van der Waals surface area (Å²) >= 11 is 0. The number of halogens is 1. The van der Waals surface area contributed by atoms with E-state index in [-0.39, 0.29) is 24.2 Å². The molecule has 1 saturated heterocycles. The molecule has 2 N–H and O–H groups in total. The second-order valence-electron chi connectivity index (χ2n) is 5.91. The first-order valence-corrected chi connectivity index (χ1v) is 7.45. The molecule has 1 heterocycles. The molecule has 1 aromatic carbocycles. The van der Waals surface area contributed by atoms with Gasteiger partial charge in [-0.05, 0) is 50.8 Å². The maximum atomic E-state index is 12.2. The molecule has 124 valence electrons. The standard InChI is InChI=1S/C16H25N3O2.ClH/c1-12-10-17-11-15(12)16(20)18-13-4-6-14(7-5-13)21-9-8-19(2)3;/h4-7,12,15,17H,8-11H2,1-3H3,(H,18,20);1H/t12-,15-;/m1./s1. The van der Waals surface area contributed by atoms with Gasteiger partial charge in [0, 0.05) is 18.8 Å². The summed E-state index contributed by atoms with van der Waals surface area (Å²) in [5, 5.41) is 6.22. The molecule has 2 atom stereocenters. The number of nitrogens with zero attached hydrogens (tertiary/aromatic N) is 1. The number of amides is 1. The number of benzene rings is 1. The lowest BCUT2D eigenvalue weighted by atomic mass is 9.97. The minimum absolute atomic E-state index is 0. The molecule has 1 aliphatic heterocycles. The second-order valence-corrected chi connectivity index (χ2v) is 5.91. The average molecular weight is 328 g/mol. The predicted molar refractivity (Wildman–Crippen MR) is 91.9 cm³/mol. The summed E-state index contributed by atoms with van der Waals surface area (Å²) in [5.74, 6) is 1.36. The van der Waals surface area contributed by atoms with E-state index in [0.717, 1.165) is 31.1 Å². The molecule has 0 saturated carbocycles. The van der Waals surface area contributed by atoms with Gasteiger partial charge in [0.15, 0.2) is 0 Å². The fraction of sp³-hybridized carbons (Fsp3) is 0.562. The van der Waals surface area contributed by atoms with Gasteiger partial charge < -0.3 is 20.3 Å². The van der Waals surface area contributed by atoms with Crippen molar-refractivity contribution >= 4 is 24.0 Å². The largest absolute Gasteiger partial charge is 0.492 e. The Hall–Kier alpha value is -1.30. The SMILES string of the molecule is C[C@@H]1CNC[C@H]1C(=O)Nc1ccc(OCCN(C)C)cc1.Cl. The monoisotopic (exact) mass is 327 g/mol. The van der Waals surface area contributed by atoms with Gasteiger partial charge in [0.1, 0.15) is 12.4 Å². The maximum Gasteiger partial charge on any atom is 0.229 e. The molecule has 0 aromatic heterocycles. The molecular weight excluding hydrogens is 302 g/mol. The number of carbonyl (C=O) groups is 1. The van der Waals surface area contributed by atoms with Crippen molar-refractivity contribution in [1.82, 2.24) is 10.2 Å². The topological polar surface area (TPSA) is 53.6 Å². The molecule has 0 bridgehead atoms. The van der Waals surface area contributed by atoms with Gasteiger partial charge in [-0.15, -0.1) is 12.4 Å². The second kappa shape index (κ2) is 8.98. The van der Waals surface area contributed by atoms with Crippen molar-refractivity contribution in [3.8, 4) is 5.75 Å². The Labute approximate surface area is 138 Å². The van der Waals surface area contributed by atoms with Gasteiger partial charge in [0.2, 0.25) is 5.91 Å². The highest BCUT2D eigenvalue weighted by Crippen LogP contribution is 2.20. The van der Waals surface area contributed by atoms with Crippen LogP contribution in [-0.2, 0) is 4.79 Å². The first-order chi connectivity index (χ1) is 10.1. The number of nitrogens with one attached hydrogen (secondary N) is 2. The Morgan fingerprint density at radius 2 is 2.00 bits per heavy atom. The number of hydrogen-bond donors (Lipinski definition) is 2. The minimum atomic E-state index is 0. The normalized spacial score (nSPS) is 20.5. The third-order valence-corrected chi connectivity index (χ3v) is 3.78. The number of ether oxygens (including phenoxy) is 1. The van der Waals surface area contributed by atoms with Crippen molar-refractivity contribution in [1.29, 1.82) is 0 Å². The van der Waals surface area contributed by atoms with Gasteiger partial charge in [-0.3, -0.25) is 4.79 Å². The van der Waals surface area contributed by atoms with Crippen molar-refractivity contribution in [2.45, 2.75) is 6.92 Å². The highest BCUT2D eigenvalue weighted by molar-refractivity contribution is 5.93. The van der Waals surface area contributed by atoms with E-state index in [1.165, 1.54) is 0 Å². The average Bonchev–Trinajstić information content (AvgIpc) is 2.87. The van der Waals surface area contributed by atoms with E-state index >= 15 is 0 Å². The minimum Gasteiger partial charge on any atom is -0.492 e. The zero-order valence-corrected chi connectivity index (χ0v) is 14.3. The highest BCUT2D eigenvalue weighted by atomic mass is 35.5. The quantitative estimate of drug-likeness (QED) is 0.837. The van der Waals surface area contributed by atoms with Crippen LogP contribution >= 0.6 is 12.4 Å². The van der Waals surface area contributed by atoms with Gasteiger partial charge in [-0.25, -0.2) is 0 Å². The molecule has 1 fully saturated rings. The Bertz CT molecular complexity index is 465. The summed E-state index contributed by atoms with van der Waals surface area (Å²) in [6.45, 7) is 5.32. The summed E-state index contributed by atoms with van der Waals surface area (Å²) in [5.41, 5.74) is 0.819.